The van der Waals surface area contributed by atoms with Crippen LogP contribution in [0.5, 0.6) is 0 Å². The molecule has 6 nitrogen and oxygen atoms in total. The predicted octanol–water partition coefficient (Wildman–Crippen LogP) is 1.53. The number of nitrogens with two attached hydrogens (primary N) is 1. The van der Waals surface area contributed by atoms with E-state index in [9.17, 15) is 14.0 Å². The summed E-state index contributed by atoms with van der Waals surface area (Å²) in [6, 6.07) is 5.08. The quantitative estimate of drug-likeness (QED) is 0.452. The molecule has 110 valence electrons. The van der Waals surface area contributed by atoms with Gasteiger partial charge in [0.2, 0.25) is 5.91 Å². The number of nitrogen functional groups attached to an aromatic ring is 1. The highest BCUT2D eigenvalue weighted by molar-refractivity contribution is 7.99. The van der Waals surface area contributed by atoms with Crippen LogP contribution >= 0.6 is 11.8 Å². The Kier molecular flexibility index (Phi) is 4.59. The minimum Gasteiger partial charge on any atom is -0.397 e. The number of hydrogen-bond acceptors (Lipinski definition) is 5. The largest absolute Gasteiger partial charge is 0.397 e. The van der Waals surface area contributed by atoms with Crippen molar-refractivity contribution < 1.29 is 9.18 Å². The second kappa shape index (κ2) is 6.40. The first-order valence-corrected chi connectivity index (χ1v) is 6.98. The Morgan fingerprint density at radius 3 is 2.95 bits per heavy atom. The average molecular weight is 308 g/mol. The number of aromatic amines is 1. The summed E-state index contributed by atoms with van der Waals surface area (Å²) in [6.07, 6.45) is 0. The molecule has 0 aliphatic heterocycles. The van der Waals surface area contributed by atoms with Crippen LogP contribution in [0.15, 0.2) is 34.2 Å². The van der Waals surface area contributed by atoms with Crippen molar-refractivity contribution in [3.63, 3.8) is 0 Å². The molecule has 1 amide bonds. The lowest BCUT2D eigenvalue weighted by atomic mass is 10.2. The molecule has 0 aliphatic rings. The number of halogens is 1. The average Bonchev–Trinajstić information content (AvgIpc) is 2.40. The van der Waals surface area contributed by atoms with Crippen molar-refractivity contribution in [1.29, 1.82) is 0 Å². The van der Waals surface area contributed by atoms with Gasteiger partial charge in [-0.25, -0.2) is 9.37 Å². The number of amides is 1. The number of nitrogens with zero attached hydrogens (tertiary/aromatic N) is 1. The molecule has 0 fully saturated rings. The van der Waals surface area contributed by atoms with E-state index in [4.69, 9.17) is 5.73 Å². The zero-order valence-electron chi connectivity index (χ0n) is 11.1. The van der Waals surface area contributed by atoms with Gasteiger partial charge in [0.25, 0.3) is 5.56 Å². The Bertz CT molecular complexity index is 732. The van der Waals surface area contributed by atoms with Crippen LogP contribution in [0.25, 0.3) is 0 Å². The number of rotatable bonds is 4. The summed E-state index contributed by atoms with van der Waals surface area (Å²) in [5.74, 6) is -0.846. The van der Waals surface area contributed by atoms with Gasteiger partial charge < -0.3 is 16.0 Å². The molecule has 0 unspecified atom stereocenters. The smallest absolute Gasteiger partial charge is 0.251 e. The molecule has 0 saturated heterocycles. The van der Waals surface area contributed by atoms with Crippen LogP contribution in [0, 0.1) is 12.7 Å². The van der Waals surface area contributed by atoms with E-state index >= 15 is 0 Å². The maximum atomic E-state index is 13.1. The van der Waals surface area contributed by atoms with Gasteiger partial charge in [0.05, 0.1) is 17.1 Å². The fraction of sp³-hybridized carbons (Fsp3) is 0.154. The number of benzene rings is 1. The summed E-state index contributed by atoms with van der Waals surface area (Å²) in [7, 11) is 0. The minimum absolute atomic E-state index is 0.0162. The minimum atomic E-state index is -0.489. The Balaban J connectivity index is 1.99. The molecule has 1 heterocycles. The van der Waals surface area contributed by atoms with E-state index in [1.165, 1.54) is 18.2 Å². The lowest BCUT2D eigenvalue weighted by Gasteiger charge is -2.08. The predicted molar refractivity (Wildman–Crippen MR) is 79.8 cm³/mol. The lowest BCUT2D eigenvalue weighted by molar-refractivity contribution is -0.113. The number of anilines is 2. The molecular formula is C13H13FN4O2S. The third-order valence-electron chi connectivity index (χ3n) is 2.48. The van der Waals surface area contributed by atoms with Gasteiger partial charge in [-0.3, -0.25) is 9.59 Å². The van der Waals surface area contributed by atoms with E-state index in [0.29, 0.717) is 10.9 Å². The fourth-order valence-corrected chi connectivity index (χ4v) is 2.30. The SMILES string of the molecule is Cc1cc(=O)[nH]c(SCC(=O)Nc2cc(F)ccc2N)n1. The first-order valence-electron chi connectivity index (χ1n) is 5.99. The molecule has 4 N–H and O–H groups in total. The van der Waals surface area contributed by atoms with Crippen LogP contribution in [0.3, 0.4) is 0 Å². The van der Waals surface area contributed by atoms with Crippen molar-refractivity contribution in [3.05, 3.63) is 46.1 Å². The van der Waals surface area contributed by atoms with Gasteiger partial charge in [0, 0.05) is 11.8 Å². The monoisotopic (exact) mass is 308 g/mol. The van der Waals surface area contributed by atoms with Crippen LogP contribution in [-0.4, -0.2) is 21.6 Å². The van der Waals surface area contributed by atoms with Gasteiger partial charge in [-0.1, -0.05) is 11.8 Å². The van der Waals surface area contributed by atoms with Crippen molar-refractivity contribution in [1.82, 2.24) is 9.97 Å². The van der Waals surface area contributed by atoms with Crippen LogP contribution in [-0.2, 0) is 4.79 Å². The summed E-state index contributed by atoms with van der Waals surface area (Å²) in [5.41, 5.74) is 6.41. The highest BCUT2D eigenvalue weighted by atomic mass is 32.2. The first-order chi connectivity index (χ1) is 9.94. The third-order valence-corrected chi connectivity index (χ3v) is 3.35. The van der Waals surface area contributed by atoms with Crippen LogP contribution in [0.2, 0.25) is 0 Å². The topological polar surface area (TPSA) is 101 Å². The van der Waals surface area contributed by atoms with Gasteiger partial charge >= 0.3 is 0 Å². The standard InChI is InChI=1S/C13H13FN4O2S/c1-7-4-11(19)18-13(16-7)21-6-12(20)17-10-5-8(14)2-3-9(10)15/h2-5H,6,15H2,1H3,(H,17,20)(H,16,18,19). The molecule has 0 saturated carbocycles. The first kappa shape index (κ1) is 15.0. The van der Waals surface area contributed by atoms with Crippen LogP contribution in [0.4, 0.5) is 15.8 Å². The molecule has 0 atom stereocenters. The summed E-state index contributed by atoms with van der Waals surface area (Å²) >= 11 is 1.07. The van der Waals surface area contributed by atoms with Crippen molar-refractivity contribution in [2.45, 2.75) is 12.1 Å². The summed E-state index contributed by atoms with van der Waals surface area (Å²) < 4.78 is 13.1. The van der Waals surface area contributed by atoms with E-state index in [2.05, 4.69) is 15.3 Å². The lowest BCUT2D eigenvalue weighted by Crippen LogP contribution is -2.16. The van der Waals surface area contributed by atoms with E-state index in [0.717, 1.165) is 17.8 Å². The van der Waals surface area contributed by atoms with Crippen LogP contribution < -0.4 is 16.6 Å². The molecule has 1 aromatic heterocycles. The van der Waals surface area contributed by atoms with Crippen LogP contribution in [0.1, 0.15) is 5.69 Å². The number of H-pyrrole nitrogens is 1. The molecule has 2 aromatic rings. The second-order valence-corrected chi connectivity index (χ2v) is 5.22. The van der Waals surface area contributed by atoms with Gasteiger partial charge in [0.15, 0.2) is 5.16 Å². The summed E-state index contributed by atoms with van der Waals surface area (Å²) in [5, 5.41) is 2.86. The molecule has 0 spiro atoms. The van der Waals surface area contributed by atoms with Crippen molar-refractivity contribution >= 4 is 29.0 Å². The molecule has 0 bridgehead atoms. The zero-order chi connectivity index (χ0) is 15.4. The Morgan fingerprint density at radius 1 is 1.48 bits per heavy atom. The molecule has 21 heavy (non-hydrogen) atoms. The van der Waals surface area contributed by atoms with Gasteiger partial charge in [-0.2, -0.15) is 0 Å². The van der Waals surface area contributed by atoms with Crippen molar-refractivity contribution in [3.8, 4) is 0 Å². The number of aromatic nitrogens is 2. The molecule has 0 radical (unpaired) electrons. The Morgan fingerprint density at radius 2 is 2.24 bits per heavy atom. The Hall–Kier alpha value is -2.35. The number of hydrogen-bond donors (Lipinski definition) is 3. The van der Waals surface area contributed by atoms with Gasteiger partial charge in [0.1, 0.15) is 5.82 Å². The summed E-state index contributed by atoms with van der Waals surface area (Å²) in [4.78, 5) is 29.7. The van der Waals surface area contributed by atoms with E-state index in [1.807, 2.05) is 0 Å². The Labute approximate surface area is 124 Å². The highest BCUT2D eigenvalue weighted by Crippen LogP contribution is 2.20. The van der Waals surface area contributed by atoms with E-state index < -0.39 is 5.82 Å². The molecule has 1 aromatic carbocycles. The van der Waals surface area contributed by atoms with Gasteiger partial charge in [-0.15, -0.1) is 0 Å². The second-order valence-electron chi connectivity index (χ2n) is 4.26. The highest BCUT2D eigenvalue weighted by Gasteiger charge is 2.08. The van der Waals surface area contributed by atoms with Gasteiger partial charge in [-0.05, 0) is 25.1 Å². The fourth-order valence-electron chi connectivity index (χ4n) is 1.58. The normalized spacial score (nSPS) is 10.4. The molecule has 2 rings (SSSR count). The summed E-state index contributed by atoms with van der Waals surface area (Å²) in [6.45, 7) is 1.69. The third kappa shape index (κ3) is 4.32. The molecule has 8 heteroatoms. The molecular weight excluding hydrogens is 295 g/mol. The number of carbonyl (C=O) groups excluding carboxylic acids is 1. The number of aryl methyl sites for hydroxylation is 1. The maximum absolute atomic E-state index is 13.1. The van der Waals surface area contributed by atoms with Crippen molar-refractivity contribution in [2.24, 2.45) is 0 Å². The van der Waals surface area contributed by atoms with E-state index in [-0.39, 0.29) is 28.6 Å². The zero-order valence-corrected chi connectivity index (χ0v) is 12.0. The van der Waals surface area contributed by atoms with E-state index in [1.54, 1.807) is 6.92 Å². The number of nitrogens with one attached hydrogen (secondary N) is 2. The maximum Gasteiger partial charge on any atom is 0.251 e. The van der Waals surface area contributed by atoms with Crippen molar-refractivity contribution in [2.75, 3.05) is 16.8 Å². The number of thioether (sulfide) groups is 1. The molecule has 0 aliphatic carbocycles. The number of carbonyl (C=O) groups is 1.